The van der Waals surface area contributed by atoms with Crippen molar-refractivity contribution in [3.63, 3.8) is 0 Å². The van der Waals surface area contributed by atoms with Gasteiger partial charge in [-0.25, -0.2) is 4.98 Å². The molecule has 1 saturated heterocycles. The molecule has 1 atom stereocenters. The molecule has 130 valence electrons. The lowest BCUT2D eigenvalue weighted by Gasteiger charge is -2.35. The molecule has 1 aromatic carbocycles. The van der Waals surface area contributed by atoms with E-state index in [-0.39, 0.29) is 11.6 Å². The van der Waals surface area contributed by atoms with Crippen LogP contribution < -0.4 is 5.56 Å². The number of aromatic amines is 1. The largest absolute Gasteiger partial charge is 0.378 e. The fourth-order valence-corrected chi connectivity index (χ4v) is 3.23. The maximum atomic E-state index is 12.3. The van der Waals surface area contributed by atoms with E-state index in [9.17, 15) is 4.79 Å². The molecule has 0 aliphatic carbocycles. The standard InChI is InChI=1S/C19H27N3O2/c1-13(2)12-24-15-8-10-22(11-9-15)14(3)18-20-17-7-5-4-6-16(17)19(23)21-18/h4-7,13-15H,8-12H2,1-3H3,(H,20,21,23)/t14-/m1/s1. The number of nitrogens with one attached hydrogen (secondary N) is 1. The van der Waals surface area contributed by atoms with Crippen molar-refractivity contribution in [3.8, 4) is 0 Å². The molecule has 0 amide bonds. The van der Waals surface area contributed by atoms with Crippen LogP contribution in [0, 0.1) is 5.92 Å². The number of H-pyrrole nitrogens is 1. The van der Waals surface area contributed by atoms with E-state index in [1.165, 1.54) is 0 Å². The predicted octanol–water partition coefficient (Wildman–Crippen LogP) is 3.12. The molecule has 24 heavy (non-hydrogen) atoms. The maximum absolute atomic E-state index is 12.3. The van der Waals surface area contributed by atoms with Crippen molar-refractivity contribution in [3.05, 3.63) is 40.4 Å². The highest BCUT2D eigenvalue weighted by Gasteiger charge is 2.25. The first-order chi connectivity index (χ1) is 11.5. The van der Waals surface area contributed by atoms with Gasteiger partial charge >= 0.3 is 0 Å². The average Bonchev–Trinajstić information content (AvgIpc) is 2.60. The van der Waals surface area contributed by atoms with E-state index >= 15 is 0 Å². The molecule has 0 saturated carbocycles. The summed E-state index contributed by atoms with van der Waals surface area (Å²) in [6.07, 6.45) is 2.43. The van der Waals surface area contributed by atoms with Gasteiger partial charge in [0, 0.05) is 19.7 Å². The van der Waals surface area contributed by atoms with Gasteiger partial charge in [-0.1, -0.05) is 26.0 Å². The molecule has 1 aliphatic heterocycles. The van der Waals surface area contributed by atoms with Crippen LogP contribution >= 0.6 is 0 Å². The molecule has 1 N–H and O–H groups in total. The first kappa shape index (κ1) is 17.1. The Hall–Kier alpha value is -1.72. The topological polar surface area (TPSA) is 58.2 Å². The molecule has 3 rings (SSSR count). The van der Waals surface area contributed by atoms with Crippen LogP contribution in [0.4, 0.5) is 0 Å². The fourth-order valence-electron chi connectivity index (χ4n) is 3.23. The van der Waals surface area contributed by atoms with Gasteiger partial charge in [-0.2, -0.15) is 0 Å². The molecule has 2 heterocycles. The van der Waals surface area contributed by atoms with Crippen molar-refractivity contribution in [2.45, 2.75) is 45.8 Å². The minimum absolute atomic E-state index is 0.0578. The van der Waals surface area contributed by atoms with E-state index in [1.807, 2.05) is 24.3 Å². The zero-order valence-corrected chi connectivity index (χ0v) is 14.8. The summed E-state index contributed by atoms with van der Waals surface area (Å²) >= 11 is 0. The van der Waals surface area contributed by atoms with Gasteiger partial charge in [0.1, 0.15) is 5.82 Å². The Morgan fingerprint density at radius 2 is 1.96 bits per heavy atom. The van der Waals surface area contributed by atoms with Crippen molar-refractivity contribution in [2.75, 3.05) is 19.7 Å². The molecular formula is C19H27N3O2. The number of aromatic nitrogens is 2. The number of para-hydroxylation sites is 1. The van der Waals surface area contributed by atoms with Crippen LogP contribution in [-0.2, 0) is 4.74 Å². The monoisotopic (exact) mass is 329 g/mol. The molecule has 0 spiro atoms. The van der Waals surface area contributed by atoms with Crippen LogP contribution in [0.5, 0.6) is 0 Å². The summed E-state index contributed by atoms with van der Waals surface area (Å²) in [5.74, 6) is 1.33. The summed E-state index contributed by atoms with van der Waals surface area (Å²) in [5, 5.41) is 0.647. The third-order valence-corrected chi connectivity index (χ3v) is 4.72. The second-order valence-corrected chi connectivity index (χ2v) is 7.11. The summed E-state index contributed by atoms with van der Waals surface area (Å²) in [6.45, 7) is 9.25. The summed E-state index contributed by atoms with van der Waals surface area (Å²) < 4.78 is 5.95. The molecule has 1 aromatic heterocycles. The minimum Gasteiger partial charge on any atom is -0.378 e. The van der Waals surface area contributed by atoms with Gasteiger partial charge in [-0.3, -0.25) is 9.69 Å². The third kappa shape index (κ3) is 3.84. The lowest BCUT2D eigenvalue weighted by molar-refractivity contribution is -0.0120. The van der Waals surface area contributed by atoms with Crippen molar-refractivity contribution in [2.24, 2.45) is 5.92 Å². The maximum Gasteiger partial charge on any atom is 0.258 e. The number of benzene rings is 1. The molecule has 1 fully saturated rings. The smallest absolute Gasteiger partial charge is 0.258 e. The van der Waals surface area contributed by atoms with E-state index in [2.05, 4.69) is 35.6 Å². The first-order valence-electron chi connectivity index (χ1n) is 8.89. The second-order valence-electron chi connectivity index (χ2n) is 7.11. The first-order valence-corrected chi connectivity index (χ1v) is 8.89. The number of hydrogen-bond donors (Lipinski definition) is 1. The number of likely N-dealkylation sites (tertiary alicyclic amines) is 1. The van der Waals surface area contributed by atoms with Gasteiger partial charge in [0.25, 0.3) is 5.56 Å². The molecule has 0 bridgehead atoms. The number of ether oxygens (including phenoxy) is 1. The summed E-state index contributed by atoms with van der Waals surface area (Å²) in [6, 6.07) is 7.60. The van der Waals surface area contributed by atoms with Gasteiger partial charge in [0.05, 0.1) is 23.0 Å². The summed E-state index contributed by atoms with van der Waals surface area (Å²) in [7, 11) is 0. The van der Waals surface area contributed by atoms with E-state index in [1.54, 1.807) is 0 Å². The average molecular weight is 329 g/mol. The molecule has 5 heteroatoms. The number of fused-ring (bicyclic) bond motifs is 1. The van der Waals surface area contributed by atoms with Gasteiger partial charge in [0.2, 0.25) is 0 Å². The number of rotatable bonds is 5. The van der Waals surface area contributed by atoms with Crippen molar-refractivity contribution < 1.29 is 4.74 Å². The van der Waals surface area contributed by atoms with Crippen molar-refractivity contribution in [1.82, 2.24) is 14.9 Å². The van der Waals surface area contributed by atoms with Gasteiger partial charge in [-0.15, -0.1) is 0 Å². The summed E-state index contributed by atoms with van der Waals surface area (Å²) in [5.41, 5.74) is 0.704. The molecular weight excluding hydrogens is 302 g/mol. The van der Waals surface area contributed by atoms with Crippen LogP contribution in [0.3, 0.4) is 0 Å². The van der Waals surface area contributed by atoms with Crippen LogP contribution in [-0.4, -0.2) is 40.7 Å². The Bertz CT molecular complexity index is 733. The fraction of sp³-hybridized carbons (Fsp3) is 0.579. The van der Waals surface area contributed by atoms with Gasteiger partial charge < -0.3 is 9.72 Å². The Morgan fingerprint density at radius 1 is 1.25 bits per heavy atom. The Kier molecular flexibility index (Phi) is 5.31. The molecule has 0 radical (unpaired) electrons. The van der Waals surface area contributed by atoms with Crippen molar-refractivity contribution >= 4 is 10.9 Å². The van der Waals surface area contributed by atoms with E-state index in [4.69, 9.17) is 4.74 Å². The van der Waals surface area contributed by atoms with Crippen molar-refractivity contribution in [1.29, 1.82) is 0 Å². The Morgan fingerprint density at radius 3 is 2.67 bits per heavy atom. The van der Waals surface area contributed by atoms with Crippen LogP contribution in [0.2, 0.25) is 0 Å². The summed E-state index contributed by atoms with van der Waals surface area (Å²) in [4.78, 5) is 22.3. The van der Waals surface area contributed by atoms with Gasteiger partial charge in [-0.05, 0) is 37.8 Å². The SMILES string of the molecule is CC(C)COC1CCN([C@H](C)c2nc3ccccc3c(=O)[nH]2)CC1. The normalized spacial score (nSPS) is 18.3. The molecule has 0 unspecified atom stereocenters. The van der Waals surface area contributed by atoms with Crippen LogP contribution in [0.25, 0.3) is 10.9 Å². The number of nitrogens with zero attached hydrogens (tertiary/aromatic N) is 2. The second kappa shape index (κ2) is 7.45. The zero-order valence-electron chi connectivity index (χ0n) is 14.8. The molecule has 5 nitrogen and oxygen atoms in total. The van der Waals surface area contributed by atoms with E-state index < -0.39 is 0 Å². The number of piperidine rings is 1. The van der Waals surface area contributed by atoms with Crippen LogP contribution in [0.1, 0.15) is 45.5 Å². The predicted molar refractivity (Wildman–Crippen MR) is 96.2 cm³/mol. The quantitative estimate of drug-likeness (QED) is 0.915. The lowest BCUT2D eigenvalue weighted by Crippen LogP contribution is -2.39. The Labute approximate surface area is 143 Å². The van der Waals surface area contributed by atoms with E-state index in [0.29, 0.717) is 17.4 Å². The Balaban J connectivity index is 1.67. The van der Waals surface area contributed by atoms with Crippen LogP contribution in [0.15, 0.2) is 29.1 Å². The third-order valence-electron chi connectivity index (χ3n) is 4.72. The highest BCUT2D eigenvalue weighted by Crippen LogP contribution is 2.23. The minimum atomic E-state index is -0.0578. The number of hydrogen-bond acceptors (Lipinski definition) is 4. The highest BCUT2D eigenvalue weighted by atomic mass is 16.5. The molecule has 2 aromatic rings. The highest BCUT2D eigenvalue weighted by molar-refractivity contribution is 5.77. The molecule has 1 aliphatic rings. The van der Waals surface area contributed by atoms with Gasteiger partial charge in [0.15, 0.2) is 0 Å². The lowest BCUT2D eigenvalue weighted by atomic mass is 10.1. The zero-order chi connectivity index (χ0) is 17.1. The van der Waals surface area contributed by atoms with E-state index in [0.717, 1.165) is 43.9 Å².